The summed E-state index contributed by atoms with van der Waals surface area (Å²) in [6.45, 7) is 2.21. The lowest BCUT2D eigenvalue weighted by Crippen LogP contribution is -2.28. The summed E-state index contributed by atoms with van der Waals surface area (Å²) in [7, 11) is 1.58. The van der Waals surface area contributed by atoms with Gasteiger partial charge in [-0.15, -0.1) is 0 Å². The first-order valence-electron chi connectivity index (χ1n) is 8.41. The highest BCUT2D eigenvalue weighted by atomic mass is 35.5. The second-order valence-electron chi connectivity index (χ2n) is 5.48. The van der Waals surface area contributed by atoms with Crippen molar-refractivity contribution in [2.24, 2.45) is 0 Å². The number of carbonyl (C=O) groups is 2. The molecule has 144 valence electrons. The molecule has 0 aliphatic heterocycles. The van der Waals surface area contributed by atoms with Crippen molar-refractivity contribution in [3.8, 4) is 5.75 Å². The first-order valence-corrected chi connectivity index (χ1v) is 9.77. The average Bonchev–Trinajstić information content (AvgIpc) is 2.67. The summed E-state index contributed by atoms with van der Waals surface area (Å²) in [6, 6.07) is 6.99. The lowest BCUT2D eigenvalue weighted by atomic mass is 10.3. The van der Waals surface area contributed by atoms with E-state index in [1.807, 2.05) is 6.92 Å². The van der Waals surface area contributed by atoms with Gasteiger partial charge in [-0.05, 0) is 30.7 Å². The van der Waals surface area contributed by atoms with Crippen LogP contribution in [0, 0.1) is 0 Å². The van der Waals surface area contributed by atoms with Gasteiger partial charge in [0, 0.05) is 24.4 Å². The van der Waals surface area contributed by atoms with E-state index in [0.29, 0.717) is 16.6 Å². The summed E-state index contributed by atoms with van der Waals surface area (Å²) in [5.41, 5.74) is 0.768. The van der Waals surface area contributed by atoms with Gasteiger partial charge in [0.25, 0.3) is 5.91 Å². The topological polar surface area (TPSA) is 93.2 Å². The van der Waals surface area contributed by atoms with Crippen molar-refractivity contribution in [2.45, 2.75) is 24.9 Å². The van der Waals surface area contributed by atoms with Gasteiger partial charge < -0.3 is 15.4 Å². The average molecular weight is 409 g/mol. The van der Waals surface area contributed by atoms with Gasteiger partial charge in [0.05, 0.1) is 18.3 Å². The fourth-order valence-corrected chi connectivity index (χ4v) is 2.89. The summed E-state index contributed by atoms with van der Waals surface area (Å²) in [5, 5.41) is 6.08. The first kappa shape index (κ1) is 21.0. The normalized spacial score (nSPS) is 10.3. The number of rotatable bonds is 9. The van der Waals surface area contributed by atoms with Gasteiger partial charge in [0.2, 0.25) is 5.91 Å². The number of thioether (sulfide) groups is 1. The summed E-state index contributed by atoms with van der Waals surface area (Å²) >= 11 is 7.47. The molecule has 9 heteroatoms. The predicted molar refractivity (Wildman–Crippen MR) is 107 cm³/mol. The van der Waals surface area contributed by atoms with Crippen LogP contribution in [0.5, 0.6) is 5.75 Å². The molecule has 2 N–H and O–H groups in total. The number of hydrogen-bond acceptors (Lipinski definition) is 6. The highest BCUT2D eigenvalue weighted by molar-refractivity contribution is 7.99. The third-order valence-electron chi connectivity index (χ3n) is 3.38. The number of amides is 2. The molecule has 0 bridgehead atoms. The SMILES string of the molecule is CCCSc1ncc(Cl)c(C(=O)NCCC(=O)Nc2ccc(OC)cc2)n1. The number of aromatic nitrogens is 2. The molecular formula is C18H21ClN4O3S. The number of ether oxygens (including phenoxy) is 1. The Morgan fingerprint density at radius 2 is 2.00 bits per heavy atom. The number of carbonyl (C=O) groups excluding carboxylic acids is 2. The van der Waals surface area contributed by atoms with E-state index in [1.54, 1.807) is 31.4 Å². The molecule has 0 atom stereocenters. The molecule has 27 heavy (non-hydrogen) atoms. The van der Waals surface area contributed by atoms with E-state index >= 15 is 0 Å². The molecule has 0 fully saturated rings. The van der Waals surface area contributed by atoms with Crippen LogP contribution in [0.1, 0.15) is 30.3 Å². The van der Waals surface area contributed by atoms with Crippen LogP contribution in [-0.4, -0.2) is 41.2 Å². The third-order valence-corrected chi connectivity index (χ3v) is 4.73. The van der Waals surface area contributed by atoms with E-state index in [1.165, 1.54) is 18.0 Å². The van der Waals surface area contributed by atoms with E-state index in [2.05, 4.69) is 20.6 Å². The fourth-order valence-electron chi connectivity index (χ4n) is 2.04. The maximum atomic E-state index is 12.3. The molecule has 0 saturated heterocycles. The van der Waals surface area contributed by atoms with E-state index in [9.17, 15) is 9.59 Å². The van der Waals surface area contributed by atoms with Crippen molar-refractivity contribution in [1.29, 1.82) is 0 Å². The number of hydrogen-bond donors (Lipinski definition) is 2. The van der Waals surface area contributed by atoms with Crippen LogP contribution >= 0.6 is 23.4 Å². The largest absolute Gasteiger partial charge is 0.497 e. The Hall–Kier alpha value is -2.32. The van der Waals surface area contributed by atoms with Crippen LogP contribution in [0.15, 0.2) is 35.6 Å². The van der Waals surface area contributed by atoms with Crippen molar-refractivity contribution in [3.05, 3.63) is 41.2 Å². The molecule has 1 aromatic carbocycles. The minimum atomic E-state index is -0.432. The molecule has 2 rings (SSSR count). The first-order chi connectivity index (χ1) is 13.0. The van der Waals surface area contributed by atoms with Gasteiger partial charge in [0.15, 0.2) is 10.9 Å². The molecule has 0 spiro atoms. The maximum absolute atomic E-state index is 12.3. The smallest absolute Gasteiger partial charge is 0.271 e. The number of nitrogens with one attached hydrogen (secondary N) is 2. The molecule has 1 heterocycles. The Labute approximate surface area is 167 Å². The maximum Gasteiger partial charge on any atom is 0.271 e. The van der Waals surface area contributed by atoms with Crippen LogP contribution < -0.4 is 15.4 Å². The van der Waals surface area contributed by atoms with Crippen molar-refractivity contribution >= 4 is 40.9 Å². The lowest BCUT2D eigenvalue weighted by Gasteiger charge is -2.08. The van der Waals surface area contributed by atoms with Gasteiger partial charge in [-0.25, -0.2) is 9.97 Å². The summed E-state index contributed by atoms with van der Waals surface area (Å²) in [4.78, 5) is 32.5. The molecular weight excluding hydrogens is 388 g/mol. The van der Waals surface area contributed by atoms with Gasteiger partial charge >= 0.3 is 0 Å². The van der Waals surface area contributed by atoms with Gasteiger partial charge in [0.1, 0.15) is 5.75 Å². The Kier molecular flexibility index (Phi) is 8.35. The highest BCUT2D eigenvalue weighted by Gasteiger charge is 2.14. The molecule has 2 aromatic rings. The number of methoxy groups -OCH3 is 1. The Bertz CT molecular complexity index is 787. The minimum Gasteiger partial charge on any atom is -0.497 e. The monoisotopic (exact) mass is 408 g/mol. The molecule has 0 aliphatic rings. The zero-order valence-electron chi connectivity index (χ0n) is 15.1. The van der Waals surface area contributed by atoms with Crippen molar-refractivity contribution in [1.82, 2.24) is 15.3 Å². The van der Waals surface area contributed by atoms with Crippen molar-refractivity contribution in [3.63, 3.8) is 0 Å². The molecule has 0 radical (unpaired) electrons. The molecule has 2 amide bonds. The van der Waals surface area contributed by atoms with Gasteiger partial charge in [-0.1, -0.05) is 30.3 Å². The van der Waals surface area contributed by atoms with Crippen LogP contribution in [0.3, 0.4) is 0 Å². The minimum absolute atomic E-state index is 0.112. The molecule has 0 unspecified atom stereocenters. The fraction of sp³-hybridized carbons (Fsp3) is 0.333. The van der Waals surface area contributed by atoms with Crippen LogP contribution in [0.2, 0.25) is 5.02 Å². The number of nitrogens with zero attached hydrogens (tertiary/aromatic N) is 2. The van der Waals surface area contributed by atoms with Gasteiger partial charge in [-0.3, -0.25) is 9.59 Å². The predicted octanol–water partition coefficient (Wildman–Crippen LogP) is 3.40. The molecule has 0 aliphatic carbocycles. The summed E-state index contributed by atoms with van der Waals surface area (Å²) in [6.07, 6.45) is 2.51. The lowest BCUT2D eigenvalue weighted by molar-refractivity contribution is -0.116. The third kappa shape index (κ3) is 6.73. The zero-order chi connectivity index (χ0) is 19.6. The quantitative estimate of drug-likeness (QED) is 0.488. The van der Waals surface area contributed by atoms with Crippen LogP contribution in [0.25, 0.3) is 0 Å². The number of benzene rings is 1. The van der Waals surface area contributed by atoms with E-state index in [4.69, 9.17) is 16.3 Å². The van der Waals surface area contributed by atoms with Crippen molar-refractivity contribution in [2.75, 3.05) is 24.7 Å². The Morgan fingerprint density at radius 1 is 1.26 bits per heavy atom. The van der Waals surface area contributed by atoms with Gasteiger partial charge in [-0.2, -0.15) is 0 Å². The Balaban J connectivity index is 1.83. The Morgan fingerprint density at radius 3 is 2.67 bits per heavy atom. The van der Waals surface area contributed by atoms with Crippen molar-refractivity contribution < 1.29 is 14.3 Å². The number of halogens is 1. The molecule has 7 nitrogen and oxygen atoms in total. The van der Waals surface area contributed by atoms with Crippen LogP contribution in [-0.2, 0) is 4.79 Å². The second kappa shape index (κ2) is 10.7. The molecule has 0 saturated carbocycles. The zero-order valence-corrected chi connectivity index (χ0v) is 16.7. The second-order valence-corrected chi connectivity index (χ2v) is 6.95. The standard InChI is InChI=1S/C18H21ClN4O3S/c1-3-10-27-18-21-11-14(19)16(23-18)17(25)20-9-8-15(24)22-12-4-6-13(26-2)7-5-12/h4-7,11H,3,8-10H2,1-2H3,(H,20,25)(H,22,24). The summed E-state index contributed by atoms with van der Waals surface area (Å²) in [5.74, 6) is 0.915. The van der Waals surface area contributed by atoms with Crippen LogP contribution in [0.4, 0.5) is 5.69 Å². The van der Waals surface area contributed by atoms with E-state index in [0.717, 1.165) is 12.2 Å². The highest BCUT2D eigenvalue weighted by Crippen LogP contribution is 2.19. The number of anilines is 1. The molecule has 1 aromatic heterocycles. The summed E-state index contributed by atoms with van der Waals surface area (Å²) < 4.78 is 5.06. The van der Waals surface area contributed by atoms with E-state index < -0.39 is 5.91 Å². The van der Waals surface area contributed by atoms with E-state index in [-0.39, 0.29) is 29.6 Å².